The molecule has 1 aliphatic carbocycles. The summed E-state index contributed by atoms with van der Waals surface area (Å²) in [5.74, 6) is 1.60. The van der Waals surface area contributed by atoms with Crippen molar-refractivity contribution in [1.82, 2.24) is 20.2 Å². The minimum Gasteiger partial charge on any atom is -0.306 e. The summed E-state index contributed by atoms with van der Waals surface area (Å²) in [7, 11) is 0. The molecule has 1 aliphatic heterocycles. The highest BCUT2D eigenvalue weighted by atomic mass is 32.2. The third kappa shape index (κ3) is 3.00. The van der Waals surface area contributed by atoms with E-state index >= 15 is 0 Å². The lowest BCUT2D eigenvalue weighted by molar-refractivity contribution is 0.0212. The Morgan fingerprint density at radius 3 is 2.86 bits per heavy atom. The van der Waals surface area contributed by atoms with Gasteiger partial charge in [0.1, 0.15) is 12.4 Å². The van der Waals surface area contributed by atoms with E-state index in [4.69, 9.17) is 4.84 Å². The molecule has 22 heavy (non-hydrogen) atoms. The van der Waals surface area contributed by atoms with Gasteiger partial charge in [0.25, 0.3) is 0 Å². The van der Waals surface area contributed by atoms with Gasteiger partial charge in [0, 0.05) is 17.4 Å². The average Bonchev–Trinajstić information content (AvgIpc) is 3.32. The maximum atomic E-state index is 5.70. The number of aliphatic imine (C=N–C) groups is 1. The van der Waals surface area contributed by atoms with Crippen molar-refractivity contribution in [2.75, 3.05) is 12.3 Å². The molecule has 4 rings (SSSR count). The van der Waals surface area contributed by atoms with Crippen LogP contribution in [0.4, 0.5) is 0 Å². The van der Waals surface area contributed by atoms with Gasteiger partial charge < -0.3 is 4.57 Å². The van der Waals surface area contributed by atoms with Gasteiger partial charge in [0.05, 0.1) is 6.54 Å². The SMILES string of the molecule is c1ccc(C2=NCC(CSc3nncn3C3CC3)ON2)cc1. The van der Waals surface area contributed by atoms with Gasteiger partial charge in [-0.25, -0.2) is 5.48 Å². The number of thioether (sulfide) groups is 1. The van der Waals surface area contributed by atoms with Crippen molar-refractivity contribution in [2.45, 2.75) is 30.1 Å². The maximum Gasteiger partial charge on any atom is 0.191 e. The molecule has 0 radical (unpaired) electrons. The zero-order valence-corrected chi connectivity index (χ0v) is 12.9. The molecule has 1 aromatic carbocycles. The van der Waals surface area contributed by atoms with Crippen molar-refractivity contribution >= 4 is 17.6 Å². The second kappa shape index (κ2) is 6.10. The number of benzene rings is 1. The lowest BCUT2D eigenvalue weighted by atomic mass is 10.2. The average molecular weight is 315 g/mol. The van der Waals surface area contributed by atoms with Crippen LogP contribution in [-0.4, -0.2) is 39.0 Å². The largest absolute Gasteiger partial charge is 0.306 e. The van der Waals surface area contributed by atoms with Crippen LogP contribution in [0.1, 0.15) is 24.4 Å². The number of hydrogen-bond acceptors (Lipinski definition) is 6. The quantitative estimate of drug-likeness (QED) is 0.856. The van der Waals surface area contributed by atoms with Crippen LogP contribution in [0.25, 0.3) is 0 Å². The molecular formula is C15H17N5OS. The predicted octanol–water partition coefficient (Wildman–Crippen LogP) is 2.06. The first-order valence-corrected chi connectivity index (χ1v) is 8.42. The van der Waals surface area contributed by atoms with E-state index in [1.54, 1.807) is 11.8 Å². The lowest BCUT2D eigenvalue weighted by Gasteiger charge is -2.22. The molecule has 0 bridgehead atoms. The molecule has 2 heterocycles. The van der Waals surface area contributed by atoms with E-state index in [-0.39, 0.29) is 6.10 Å². The number of hydrogen-bond donors (Lipinski definition) is 1. The van der Waals surface area contributed by atoms with Crippen LogP contribution in [0.5, 0.6) is 0 Å². The van der Waals surface area contributed by atoms with Gasteiger partial charge in [-0.2, -0.15) is 0 Å². The fourth-order valence-corrected chi connectivity index (χ4v) is 3.30. The van der Waals surface area contributed by atoms with E-state index in [1.165, 1.54) is 12.8 Å². The molecule has 0 saturated heterocycles. The standard InChI is InChI=1S/C15H17N5OS/c1-2-4-11(5-3-1)14-16-8-13(21-19-14)9-22-15-18-17-10-20(15)12-6-7-12/h1-5,10,12-13H,6-9H2,(H,16,19). The summed E-state index contributed by atoms with van der Waals surface area (Å²) in [6.45, 7) is 0.655. The van der Waals surface area contributed by atoms with Crippen LogP contribution in [0.2, 0.25) is 0 Å². The Morgan fingerprint density at radius 2 is 2.14 bits per heavy atom. The molecule has 2 aliphatic rings. The van der Waals surface area contributed by atoms with Crippen LogP contribution < -0.4 is 5.48 Å². The fraction of sp³-hybridized carbons (Fsp3) is 0.400. The Hall–Kier alpha value is -1.86. The minimum absolute atomic E-state index is 0.0433. The molecule has 6 nitrogen and oxygen atoms in total. The second-order valence-corrected chi connectivity index (χ2v) is 6.45. The number of nitrogens with zero attached hydrogens (tertiary/aromatic N) is 4. The van der Waals surface area contributed by atoms with Crippen molar-refractivity contribution < 1.29 is 4.84 Å². The maximum absolute atomic E-state index is 5.70. The monoisotopic (exact) mass is 315 g/mol. The van der Waals surface area contributed by atoms with E-state index in [2.05, 4.69) is 25.2 Å². The van der Waals surface area contributed by atoms with E-state index in [1.807, 2.05) is 36.7 Å². The topological polar surface area (TPSA) is 64.3 Å². The van der Waals surface area contributed by atoms with Crippen molar-refractivity contribution in [1.29, 1.82) is 0 Å². The fourth-order valence-electron chi connectivity index (χ4n) is 2.34. The molecule has 0 spiro atoms. The smallest absolute Gasteiger partial charge is 0.191 e. The minimum atomic E-state index is 0.0433. The van der Waals surface area contributed by atoms with E-state index in [9.17, 15) is 0 Å². The van der Waals surface area contributed by atoms with Gasteiger partial charge >= 0.3 is 0 Å². The van der Waals surface area contributed by atoms with Crippen molar-refractivity contribution in [3.05, 3.63) is 42.2 Å². The number of rotatable bonds is 5. The van der Waals surface area contributed by atoms with Crippen LogP contribution in [0.3, 0.4) is 0 Å². The first-order valence-electron chi connectivity index (χ1n) is 7.44. The number of hydroxylamine groups is 1. The zero-order valence-electron chi connectivity index (χ0n) is 12.1. The Kier molecular flexibility index (Phi) is 3.82. The summed E-state index contributed by atoms with van der Waals surface area (Å²) in [5.41, 5.74) is 4.00. The molecule has 7 heteroatoms. The second-order valence-electron chi connectivity index (χ2n) is 5.46. The summed E-state index contributed by atoms with van der Waals surface area (Å²) in [6, 6.07) is 10.6. The Morgan fingerprint density at radius 1 is 1.27 bits per heavy atom. The first kappa shape index (κ1) is 13.8. The number of nitrogens with one attached hydrogen (secondary N) is 1. The summed E-state index contributed by atoms with van der Waals surface area (Å²) in [5, 5.41) is 9.17. The summed E-state index contributed by atoms with van der Waals surface area (Å²) in [6.07, 6.45) is 4.34. The molecule has 1 saturated carbocycles. The Balaban J connectivity index is 1.34. The normalized spacial score (nSPS) is 21.3. The molecular weight excluding hydrogens is 298 g/mol. The summed E-state index contributed by atoms with van der Waals surface area (Å²) >= 11 is 1.68. The summed E-state index contributed by atoms with van der Waals surface area (Å²) < 4.78 is 2.17. The first-order chi connectivity index (χ1) is 10.9. The van der Waals surface area contributed by atoms with Gasteiger partial charge in [-0.3, -0.25) is 9.83 Å². The highest BCUT2D eigenvalue weighted by Crippen LogP contribution is 2.37. The lowest BCUT2D eigenvalue weighted by Crippen LogP contribution is -2.38. The molecule has 1 unspecified atom stereocenters. The van der Waals surface area contributed by atoms with Crippen LogP contribution in [0.15, 0.2) is 46.8 Å². The summed E-state index contributed by atoms with van der Waals surface area (Å²) in [4.78, 5) is 10.3. The molecule has 1 fully saturated rings. The zero-order chi connectivity index (χ0) is 14.8. The van der Waals surface area contributed by atoms with Crippen molar-refractivity contribution in [3.8, 4) is 0 Å². The molecule has 114 valence electrons. The van der Waals surface area contributed by atoms with E-state index in [0.717, 1.165) is 22.3 Å². The van der Waals surface area contributed by atoms with Gasteiger partial charge in [0.15, 0.2) is 11.0 Å². The highest BCUT2D eigenvalue weighted by molar-refractivity contribution is 7.99. The van der Waals surface area contributed by atoms with Gasteiger partial charge in [0.2, 0.25) is 0 Å². The Labute approximate surface area is 132 Å². The molecule has 0 amide bonds. The molecule has 2 aromatic rings. The Bertz CT molecular complexity index is 668. The van der Waals surface area contributed by atoms with Crippen LogP contribution in [-0.2, 0) is 4.84 Å². The van der Waals surface area contributed by atoms with Gasteiger partial charge in [-0.05, 0) is 12.8 Å². The van der Waals surface area contributed by atoms with Crippen molar-refractivity contribution in [2.24, 2.45) is 4.99 Å². The van der Waals surface area contributed by atoms with Crippen LogP contribution >= 0.6 is 11.8 Å². The third-order valence-corrected chi connectivity index (χ3v) is 4.79. The van der Waals surface area contributed by atoms with Crippen molar-refractivity contribution in [3.63, 3.8) is 0 Å². The van der Waals surface area contributed by atoms with Crippen LogP contribution in [0, 0.1) is 0 Å². The number of aromatic nitrogens is 3. The molecule has 1 aromatic heterocycles. The molecule has 1 atom stereocenters. The molecule has 1 N–H and O–H groups in total. The van der Waals surface area contributed by atoms with Gasteiger partial charge in [-0.15, -0.1) is 10.2 Å². The highest BCUT2D eigenvalue weighted by Gasteiger charge is 2.27. The van der Waals surface area contributed by atoms with E-state index < -0.39 is 0 Å². The van der Waals surface area contributed by atoms with Gasteiger partial charge in [-0.1, -0.05) is 42.1 Å². The number of amidine groups is 1. The van der Waals surface area contributed by atoms with E-state index in [0.29, 0.717) is 12.6 Å². The third-order valence-electron chi connectivity index (χ3n) is 3.70. The predicted molar refractivity (Wildman–Crippen MR) is 84.9 cm³/mol.